The van der Waals surface area contributed by atoms with Gasteiger partial charge in [0.05, 0.1) is 31.3 Å². The third-order valence-electron chi connectivity index (χ3n) is 4.74. The number of hydrogen-bond acceptors (Lipinski definition) is 6. The average molecular weight is 393 g/mol. The molecule has 0 bridgehead atoms. The Balaban J connectivity index is 1.68. The standard InChI is InChI=1S/C20H19N5O4/c1-11(12-8-9-15(28-2)16(10-12)29-3)21-19(26)17-18-20(27)22-13-6-4-5-7-14(13)25(18)24-23-17/h4-11H,1-3H3,(H,21,26)(H,22,27)/t11-/m1/s1. The van der Waals surface area contributed by atoms with Crippen LogP contribution in [0.25, 0.3) is 16.6 Å². The lowest BCUT2D eigenvalue weighted by molar-refractivity contribution is 0.0936. The highest BCUT2D eigenvalue weighted by Crippen LogP contribution is 2.30. The number of rotatable bonds is 5. The van der Waals surface area contributed by atoms with Crippen molar-refractivity contribution in [3.63, 3.8) is 0 Å². The Hall–Kier alpha value is -3.88. The Morgan fingerprint density at radius 3 is 2.66 bits per heavy atom. The number of H-pyrrole nitrogens is 1. The molecule has 4 aromatic rings. The molecular formula is C20H19N5O4. The van der Waals surface area contributed by atoms with Gasteiger partial charge in [0, 0.05) is 0 Å². The molecule has 0 aliphatic heterocycles. The molecule has 0 spiro atoms. The van der Waals surface area contributed by atoms with Crippen LogP contribution < -0.4 is 20.3 Å². The lowest BCUT2D eigenvalue weighted by Gasteiger charge is -2.16. The average Bonchev–Trinajstić information content (AvgIpc) is 3.19. The highest BCUT2D eigenvalue weighted by Gasteiger charge is 2.21. The minimum Gasteiger partial charge on any atom is -0.493 e. The van der Waals surface area contributed by atoms with E-state index in [0.29, 0.717) is 22.5 Å². The van der Waals surface area contributed by atoms with Gasteiger partial charge in [-0.05, 0) is 36.8 Å². The number of aromatic amines is 1. The van der Waals surface area contributed by atoms with Crippen molar-refractivity contribution in [2.75, 3.05) is 14.2 Å². The number of nitrogens with zero attached hydrogens (tertiary/aromatic N) is 3. The Morgan fingerprint density at radius 1 is 1.14 bits per heavy atom. The van der Waals surface area contributed by atoms with Gasteiger partial charge in [-0.3, -0.25) is 9.59 Å². The summed E-state index contributed by atoms with van der Waals surface area (Å²) in [6, 6.07) is 12.2. The molecule has 0 fully saturated rings. The van der Waals surface area contributed by atoms with Crippen LogP contribution in [0.2, 0.25) is 0 Å². The Labute approximate surface area is 165 Å². The van der Waals surface area contributed by atoms with Crippen molar-refractivity contribution in [1.29, 1.82) is 0 Å². The Kier molecular flexibility index (Phi) is 4.63. The van der Waals surface area contributed by atoms with Crippen LogP contribution in [0, 0.1) is 0 Å². The van der Waals surface area contributed by atoms with Gasteiger partial charge in [0.1, 0.15) is 0 Å². The number of hydrogen-bond donors (Lipinski definition) is 2. The molecule has 2 aromatic heterocycles. The van der Waals surface area contributed by atoms with Crippen molar-refractivity contribution in [3.8, 4) is 11.5 Å². The summed E-state index contributed by atoms with van der Waals surface area (Å²) in [6.07, 6.45) is 0. The largest absolute Gasteiger partial charge is 0.493 e. The zero-order valence-corrected chi connectivity index (χ0v) is 16.1. The van der Waals surface area contributed by atoms with Crippen molar-refractivity contribution in [1.82, 2.24) is 25.1 Å². The number of carbonyl (C=O) groups is 1. The van der Waals surface area contributed by atoms with E-state index in [-0.39, 0.29) is 17.3 Å². The van der Waals surface area contributed by atoms with Gasteiger partial charge < -0.3 is 19.8 Å². The van der Waals surface area contributed by atoms with E-state index in [9.17, 15) is 9.59 Å². The molecule has 9 heteroatoms. The maximum Gasteiger partial charge on any atom is 0.277 e. The maximum absolute atomic E-state index is 12.8. The van der Waals surface area contributed by atoms with Crippen LogP contribution in [0.15, 0.2) is 47.3 Å². The normalized spacial score (nSPS) is 12.1. The highest BCUT2D eigenvalue weighted by atomic mass is 16.5. The van der Waals surface area contributed by atoms with E-state index in [2.05, 4.69) is 20.6 Å². The number of para-hydroxylation sites is 2. The zero-order valence-electron chi connectivity index (χ0n) is 16.1. The summed E-state index contributed by atoms with van der Waals surface area (Å²) in [4.78, 5) is 28.1. The van der Waals surface area contributed by atoms with E-state index in [1.807, 2.05) is 19.1 Å². The molecule has 4 rings (SSSR count). The van der Waals surface area contributed by atoms with E-state index in [1.54, 1.807) is 44.6 Å². The number of benzene rings is 2. The molecule has 0 aliphatic carbocycles. The van der Waals surface area contributed by atoms with E-state index in [1.165, 1.54) is 4.52 Å². The predicted molar refractivity (Wildman–Crippen MR) is 107 cm³/mol. The fraction of sp³-hybridized carbons (Fsp3) is 0.200. The van der Waals surface area contributed by atoms with E-state index in [4.69, 9.17) is 9.47 Å². The third-order valence-corrected chi connectivity index (χ3v) is 4.74. The molecule has 2 heterocycles. The molecule has 0 saturated heterocycles. The first kappa shape index (κ1) is 18.5. The zero-order chi connectivity index (χ0) is 20.5. The molecule has 2 N–H and O–H groups in total. The Morgan fingerprint density at radius 2 is 1.90 bits per heavy atom. The second-order valence-electron chi connectivity index (χ2n) is 6.48. The predicted octanol–water partition coefficient (Wildman–Crippen LogP) is 2.08. The van der Waals surface area contributed by atoms with Crippen molar-refractivity contribution < 1.29 is 14.3 Å². The molecule has 148 valence electrons. The summed E-state index contributed by atoms with van der Waals surface area (Å²) in [5.41, 5.74) is 1.71. The second-order valence-corrected chi connectivity index (χ2v) is 6.48. The fourth-order valence-electron chi connectivity index (χ4n) is 3.22. The van der Waals surface area contributed by atoms with Gasteiger partial charge in [-0.1, -0.05) is 23.4 Å². The summed E-state index contributed by atoms with van der Waals surface area (Å²) in [7, 11) is 3.10. The minimum atomic E-state index is -0.497. The number of methoxy groups -OCH3 is 2. The van der Waals surface area contributed by atoms with Crippen molar-refractivity contribution in [3.05, 3.63) is 64.1 Å². The van der Waals surface area contributed by atoms with Gasteiger partial charge in [-0.25, -0.2) is 4.52 Å². The van der Waals surface area contributed by atoms with Crippen LogP contribution in [0.3, 0.4) is 0 Å². The van der Waals surface area contributed by atoms with E-state index < -0.39 is 11.5 Å². The second kappa shape index (κ2) is 7.27. The summed E-state index contributed by atoms with van der Waals surface area (Å²) >= 11 is 0. The summed E-state index contributed by atoms with van der Waals surface area (Å²) < 4.78 is 11.9. The van der Waals surface area contributed by atoms with Gasteiger partial charge in [-0.2, -0.15) is 0 Å². The smallest absolute Gasteiger partial charge is 0.277 e. The first-order valence-electron chi connectivity index (χ1n) is 8.92. The molecule has 0 radical (unpaired) electrons. The first-order chi connectivity index (χ1) is 14.0. The quantitative estimate of drug-likeness (QED) is 0.537. The molecule has 29 heavy (non-hydrogen) atoms. The van der Waals surface area contributed by atoms with E-state index >= 15 is 0 Å². The Bertz CT molecular complexity index is 1280. The number of nitrogens with one attached hydrogen (secondary N) is 2. The molecular weight excluding hydrogens is 374 g/mol. The van der Waals surface area contributed by atoms with Crippen LogP contribution in [-0.4, -0.2) is 39.9 Å². The van der Waals surface area contributed by atoms with Gasteiger partial charge in [-0.15, -0.1) is 5.10 Å². The van der Waals surface area contributed by atoms with Crippen LogP contribution in [0.5, 0.6) is 11.5 Å². The molecule has 0 unspecified atom stereocenters. The third kappa shape index (κ3) is 3.16. The first-order valence-corrected chi connectivity index (χ1v) is 8.92. The fourth-order valence-corrected chi connectivity index (χ4v) is 3.22. The van der Waals surface area contributed by atoms with Crippen LogP contribution in [0.4, 0.5) is 0 Å². The summed E-state index contributed by atoms with van der Waals surface area (Å²) in [5.74, 6) is 0.656. The summed E-state index contributed by atoms with van der Waals surface area (Å²) in [5, 5.41) is 10.8. The topological polar surface area (TPSA) is 111 Å². The molecule has 0 aliphatic rings. The monoisotopic (exact) mass is 393 g/mol. The maximum atomic E-state index is 12.8. The highest BCUT2D eigenvalue weighted by molar-refractivity contribution is 5.99. The van der Waals surface area contributed by atoms with Crippen molar-refractivity contribution in [2.24, 2.45) is 0 Å². The van der Waals surface area contributed by atoms with Gasteiger partial charge in [0.2, 0.25) is 0 Å². The van der Waals surface area contributed by atoms with Gasteiger partial charge in [0.15, 0.2) is 22.7 Å². The molecule has 9 nitrogen and oxygen atoms in total. The minimum absolute atomic E-state index is 0.0377. The number of fused-ring (bicyclic) bond motifs is 3. The molecule has 0 saturated carbocycles. The SMILES string of the molecule is COc1ccc([C@@H](C)NC(=O)c2nnn3c2c(=O)[nH]c2ccccc23)cc1OC. The number of amides is 1. The molecule has 1 atom stereocenters. The van der Waals surface area contributed by atoms with Crippen molar-refractivity contribution in [2.45, 2.75) is 13.0 Å². The molecule has 2 aromatic carbocycles. The lowest BCUT2D eigenvalue weighted by Crippen LogP contribution is -2.28. The van der Waals surface area contributed by atoms with Gasteiger partial charge >= 0.3 is 0 Å². The summed E-state index contributed by atoms with van der Waals surface area (Å²) in [6.45, 7) is 1.82. The number of carbonyl (C=O) groups excluding carboxylic acids is 1. The van der Waals surface area contributed by atoms with Crippen molar-refractivity contribution >= 4 is 22.5 Å². The van der Waals surface area contributed by atoms with E-state index in [0.717, 1.165) is 5.56 Å². The van der Waals surface area contributed by atoms with Crippen LogP contribution >= 0.6 is 0 Å². The van der Waals surface area contributed by atoms with Crippen LogP contribution in [0.1, 0.15) is 29.0 Å². The lowest BCUT2D eigenvalue weighted by atomic mass is 10.1. The van der Waals surface area contributed by atoms with Gasteiger partial charge in [0.25, 0.3) is 11.5 Å². The van der Waals surface area contributed by atoms with Crippen LogP contribution in [-0.2, 0) is 0 Å². The number of aromatic nitrogens is 4. The molecule has 1 amide bonds. The number of ether oxygens (including phenoxy) is 2.